The molecule has 146 valence electrons. The third kappa shape index (κ3) is 4.96. The molecule has 1 heterocycles. The Morgan fingerprint density at radius 1 is 1.19 bits per heavy atom. The molecule has 0 spiro atoms. The van der Waals surface area contributed by atoms with Crippen LogP contribution in [-0.2, 0) is 0 Å². The third-order valence-corrected chi connectivity index (χ3v) is 6.07. The van der Waals surface area contributed by atoms with Gasteiger partial charge in [-0.2, -0.15) is 9.78 Å². The summed E-state index contributed by atoms with van der Waals surface area (Å²) in [6.07, 6.45) is 7.53. The van der Waals surface area contributed by atoms with Gasteiger partial charge in [0.25, 0.3) is 5.56 Å². The fraction of sp³-hybridized carbons (Fsp3) is 0.474. The number of benzene rings is 1. The molecular weight excluding hydrogens is 409 g/mol. The van der Waals surface area contributed by atoms with Crippen molar-refractivity contribution in [1.82, 2.24) is 9.78 Å². The minimum Gasteiger partial charge on any atom is -0.393 e. The summed E-state index contributed by atoms with van der Waals surface area (Å²) in [4.78, 5) is 12.2. The minimum absolute atomic E-state index is 0.0742. The number of anilines is 1. The Morgan fingerprint density at radius 3 is 2.70 bits per heavy atom. The highest BCUT2D eigenvalue weighted by Crippen LogP contribution is 2.29. The quantitative estimate of drug-likeness (QED) is 0.637. The highest BCUT2D eigenvalue weighted by Gasteiger charge is 2.22. The van der Waals surface area contributed by atoms with Gasteiger partial charge in [0.1, 0.15) is 5.02 Å². The molecule has 0 amide bonds. The van der Waals surface area contributed by atoms with E-state index in [1.165, 1.54) is 12.6 Å². The first-order chi connectivity index (χ1) is 13.0. The normalized spacial score (nSPS) is 19.9. The van der Waals surface area contributed by atoms with Crippen molar-refractivity contribution in [3.05, 3.63) is 49.8 Å². The van der Waals surface area contributed by atoms with Crippen molar-refractivity contribution in [2.45, 2.75) is 44.6 Å². The average Bonchev–Trinajstić information content (AvgIpc) is 2.66. The molecule has 8 heteroatoms. The number of halogens is 3. The number of rotatable bonds is 6. The van der Waals surface area contributed by atoms with Gasteiger partial charge in [-0.1, -0.05) is 47.6 Å². The predicted molar refractivity (Wildman–Crippen MR) is 111 cm³/mol. The first-order valence-corrected chi connectivity index (χ1v) is 10.3. The first-order valence-electron chi connectivity index (χ1n) is 9.12. The second-order valence-corrected chi connectivity index (χ2v) is 8.06. The van der Waals surface area contributed by atoms with Gasteiger partial charge in [-0.25, -0.2) is 0 Å². The minimum atomic E-state index is -0.494. The molecule has 2 aromatic rings. The number of nitrogens with one attached hydrogen (secondary N) is 1. The van der Waals surface area contributed by atoms with E-state index in [-0.39, 0.29) is 16.1 Å². The van der Waals surface area contributed by atoms with Crippen LogP contribution in [-0.4, -0.2) is 27.5 Å². The number of aromatic nitrogens is 2. The van der Waals surface area contributed by atoms with Gasteiger partial charge in [-0.3, -0.25) is 4.79 Å². The van der Waals surface area contributed by atoms with E-state index in [0.717, 1.165) is 49.0 Å². The molecule has 27 heavy (non-hydrogen) atoms. The molecule has 1 aliphatic carbocycles. The van der Waals surface area contributed by atoms with Gasteiger partial charge < -0.3 is 10.4 Å². The van der Waals surface area contributed by atoms with Crippen LogP contribution in [0.15, 0.2) is 29.2 Å². The van der Waals surface area contributed by atoms with Gasteiger partial charge in [0.15, 0.2) is 0 Å². The molecule has 1 saturated carbocycles. The Labute approximate surface area is 173 Å². The number of nitrogens with zero attached hydrogens (tertiary/aromatic N) is 2. The lowest BCUT2D eigenvalue weighted by molar-refractivity contribution is 0.0648. The van der Waals surface area contributed by atoms with Crippen molar-refractivity contribution >= 4 is 40.5 Å². The second kappa shape index (κ2) is 9.28. The van der Waals surface area contributed by atoms with Gasteiger partial charge in [0.2, 0.25) is 0 Å². The molecule has 0 aliphatic heterocycles. The second-order valence-electron chi connectivity index (χ2n) is 6.87. The van der Waals surface area contributed by atoms with Gasteiger partial charge in [0, 0.05) is 6.54 Å². The monoisotopic (exact) mass is 429 g/mol. The fourth-order valence-electron chi connectivity index (χ4n) is 3.49. The summed E-state index contributed by atoms with van der Waals surface area (Å²) in [6.45, 7) is 0.771. The zero-order chi connectivity index (χ0) is 19.4. The van der Waals surface area contributed by atoms with E-state index in [9.17, 15) is 9.90 Å². The standard InChI is InChI=1S/C19H22Cl3N3O2/c20-14-10-13(25-19(27)18(22)15(21)11-24-25)7-8-16(14)23-9-3-5-12-4-1-2-6-17(12)26/h7-8,10-12,17,23,26H,1-6,9H2. The first kappa shape index (κ1) is 20.5. The lowest BCUT2D eigenvalue weighted by Gasteiger charge is -2.27. The maximum absolute atomic E-state index is 12.2. The maximum atomic E-state index is 12.2. The Hall–Kier alpha value is -1.27. The van der Waals surface area contributed by atoms with Gasteiger partial charge in [0.05, 0.1) is 33.7 Å². The molecule has 0 saturated heterocycles. The van der Waals surface area contributed by atoms with Crippen LogP contribution in [0.4, 0.5) is 5.69 Å². The summed E-state index contributed by atoms with van der Waals surface area (Å²) in [6, 6.07) is 5.22. The van der Waals surface area contributed by atoms with Gasteiger partial charge in [-0.15, -0.1) is 0 Å². The highest BCUT2D eigenvalue weighted by molar-refractivity contribution is 6.41. The smallest absolute Gasteiger partial charge is 0.291 e. The van der Waals surface area contributed by atoms with Crippen LogP contribution in [0.3, 0.4) is 0 Å². The van der Waals surface area contributed by atoms with E-state index in [1.54, 1.807) is 12.1 Å². The molecule has 2 atom stereocenters. The van der Waals surface area contributed by atoms with E-state index in [4.69, 9.17) is 34.8 Å². The largest absolute Gasteiger partial charge is 0.393 e. The SMILES string of the molecule is O=c1c(Cl)c(Cl)cnn1-c1ccc(NCCCC2CCCCC2O)c(Cl)c1. The van der Waals surface area contributed by atoms with E-state index >= 15 is 0 Å². The molecule has 5 nitrogen and oxygen atoms in total. The Bertz CT molecular complexity index is 857. The van der Waals surface area contributed by atoms with Crippen LogP contribution in [0.2, 0.25) is 15.1 Å². The predicted octanol–water partition coefficient (Wildman–Crippen LogP) is 4.94. The van der Waals surface area contributed by atoms with E-state index in [2.05, 4.69) is 10.4 Å². The van der Waals surface area contributed by atoms with Crippen LogP contribution < -0.4 is 10.9 Å². The van der Waals surface area contributed by atoms with Crippen molar-refractivity contribution in [1.29, 1.82) is 0 Å². The number of hydrogen-bond donors (Lipinski definition) is 2. The molecule has 1 aromatic carbocycles. The highest BCUT2D eigenvalue weighted by atomic mass is 35.5. The molecule has 0 radical (unpaired) electrons. The maximum Gasteiger partial charge on any atom is 0.291 e. The summed E-state index contributed by atoms with van der Waals surface area (Å²) in [5, 5.41) is 17.9. The Morgan fingerprint density at radius 2 is 1.96 bits per heavy atom. The molecule has 1 fully saturated rings. The average molecular weight is 431 g/mol. The summed E-state index contributed by atoms with van der Waals surface area (Å²) in [5.74, 6) is 0.408. The van der Waals surface area contributed by atoms with Gasteiger partial charge in [-0.05, 0) is 49.8 Å². The van der Waals surface area contributed by atoms with Crippen molar-refractivity contribution in [3.63, 3.8) is 0 Å². The number of hydrogen-bond acceptors (Lipinski definition) is 4. The topological polar surface area (TPSA) is 67.2 Å². The van der Waals surface area contributed by atoms with Crippen LogP contribution in [0.25, 0.3) is 5.69 Å². The van der Waals surface area contributed by atoms with Crippen molar-refractivity contribution < 1.29 is 5.11 Å². The molecule has 3 rings (SSSR count). The Kier molecular flexibility index (Phi) is 7.04. The zero-order valence-corrected chi connectivity index (χ0v) is 17.1. The lowest BCUT2D eigenvalue weighted by Crippen LogP contribution is -2.24. The van der Waals surface area contributed by atoms with E-state index in [1.807, 2.05) is 6.07 Å². The van der Waals surface area contributed by atoms with Gasteiger partial charge >= 0.3 is 0 Å². The van der Waals surface area contributed by atoms with Crippen molar-refractivity contribution in [2.24, 2.45) is 5.92 Å². The molecular formula is C19H22Cl3N3O2. The fourth-order valence-corrected chi connectivity index (χ4v) is 3.98. The molecule has 1 aromatic heterocycles. The van der Waals surface area contributed by atoms with Crippen molar-refractivity contribution in [3.8, 4) is 5.69 Å². The summed E-state index contributed by atoms with van der Waals surface area (Å²) >= 11 is 18.0. The summed E-state index contributed by atoms with van der Waals surface area (Å²) < 4.78 is 1.16. The lowest BCUT2D eigenvalue weighted by atomic mass is 9.83. The molecule has 2 N–H and O–H groups in total. The molecule has 0 bridgehead atoms. The zero-order valence-electron chi connectivity index (χ0n) is 14.8. The number of aliphatic hydroxyl groups excluding tert-OH is 1. The molecule has 1 aliphatic rings. The van der Waals surface area contributed by atoms with Crippen LogP contribution in [0.5, 0.6) is 0 Å². The number of aliphatic hydroxyl groups is 1. The Balaban J connectivity index is 1.60. The summed E-state index contributed by atoms with van der Waals surface area (Å²) in [5.41, 5.74) is 0.809. The third-order valence-electron chi connectivity index (χ3n) is 5.01. The molecule has 2 unspecified atom stereocenters. The van der Waals surface area contributed by atoms with Crippen LogP contribution in [0.1, 0.15) is 38.5 Å². The van der Waals surface area contributed by atoms with E-state index in [0.29, 0.717) is 16.6 Å². The van der Waals surface area contributed by atoms with E-state index < -0.39 is 5.56 Å². The summed E-state index contributed by atoms with van der Waals surface area (Å²) in [7, 11) is 0. The van der Waals surface area contributed by atoms with Crippen molar-refractivity contribution in [2.75, 3.05) is 11.9 Å². The van der Waals surface area contributed by atoms with Crippen LogP contribution in [0, 0.1) is 5.92 Å². The van der Waals surface area contributed by atoms with Crippen LogP contribution >= 0.6 is 34.8 Å².